The van der Waals surface area contributed by atoms with E-state index < -0.39 is 5.97 Å². The number of rotatable bonds is 3. The number of fused-ring (bicyclic) bond motifs is 1. The highest BCUT2D eigenvalue weighted by Crippen LogP contribution is 2.22. The van der Waals surface area contributed by atoms with E-state index in [1.165, 1.54) is 0 Å². The third kappa shape index (κ3) is 1.95. The largest absolute Gasteiger partial charge is 0.478 e. The molecule has 102 valence electrons. The van der Waals surface area contributed by atoms with Crippen molar-refractivity contribution in [1.82, 2.24) is 19.9 Å². The van der Waals surface area contributed by atoms with E-state index >= 15 is 0 Å². The van der Waals surface area contributed by atoms with Gasteiger partial charge in [-0.15, -0.1) is 0 Å². The molecule has 6 nitrogen and oxygen atoms in total. The van der Waals surface area contributed by atoms with Gasteiger partial charge in [-0.25, -0.2) is 14.8 Å². The van der Waals surface area contributed by atoms with Gasteiger partial charge in [0.2, 0.25) is 0 Å². The summed E-state index contributed by atoms with van der Waals surface area (Å²) in [5.74, 6) is 0.604. The van der Waals surface area contributed by atoms with Crippen molar-refractivity contribution in [1.29, 1.82) is 0 Å². The molecule has 0 saturated carbocycles. The number of carboxylic acid groups (broad SMARTS) is 1. The van der Waals surface area contributed by atoms with Crippen LogP contribution in [0.25, 0.3) is 22.6 Å². The highest BCUT2D eigenvalue weighted by molar-refractivity contribution is 5.92. The Labute approximate surface area is 114 Å². The molecular weight excluding hydrogens is 256 g/mol. The number of imidazole rings is 2. The van der Waals surface area contributed by atoms with Gasteiger partial charge >= 0.3 is 5.97 Å². The van der Waals surface area contributed by atoms with Crippen molar-refractivity contribution >= 4 is 17.0 Å². The van der Waals surface area contributed by atoms with Gasteiger partial charge in [-0.05, 0) is 25.1 Å². The highest BCUT2D eigenvalue weighted by Gasteiger charge is 2.13. The van der Waals surface area contributed by atoms with Crippen LogP contribution in [0.1, 0.15) is 28.8 Å². The molecule has 3 rings (SSSR count). The van der Waals surface area contributed by atoms with Crippen molar-refractivity contribution in [3.05, 3.63) is 35.3 Å². The van der Waals surface area contributed by atoms with E-state index in [1.807, 2.05) is 13.8 Å². The van der Waals surface area contributed by atoms with E-state index in [1.54, 1.807) is 18.2 Å². The summed E-state index contributed by atoms with van der Waals surface area (Å²) >= 11 is 0. The number of aromatic amines is 2. The van der Waals surface area contributed by atoms with Crippen molar-refractivity contribution in [2.75, 3.05) is 0 Å². The van der Waals surface area contributed by atoms with Crippen LogP contribution >= 0.6 is 0 Å². The second-order valence-electron chi connectivity index (χ2n) is 4.63. The van der Waals surface area contributed by atoms with Gasteiger partial charge in [0, 0.05) is 12.1 Å². The molecule has 20 heavy (non-hydrogen) atoms. The lowest BCUT2D eigenvalue weighted by Crippen LogP contribution is -1.94. The van der Waals surface area contributed by atoms with Crippen LogP contribution in [0.3, 0.4) is 0 Å². The number of hydrogen-bond acceptors (Lipinski definition) is 3. The fourth-order valence-corrected chi connectivity index (χ4v) is 2.18. The van der Waals surface area contributed by atoms with Crippen molar-refractivity contribution in [3.8, 4) is 11.5 Å². The Morgan fingerprint density at radius 2 is 2.10 bits per heavy atom. The number of hydrogen-bond donors (Lipinski definition) is 3. The molecule has 2 heterocycles. The molecule has 2 aromatic heterocycles. The number of carbonyl (C=O) groups is 1. The van der Waals surface area contributed by atoms with Gasteiger partial charge in [0.1, 0.15) is 11.5 Å². The van der Waals surface area contributed by atoms with Gasteiger partial charge in [0.05, 0.1) is 16.6 Å². The summed E-state index contributed by atoms with van der Waals surface area (Å²) in [5.41, 5.74) is 3.38. The number of nitrogens with one attached hydrogen (secondary N) is 2. The Morgan fingerprint density at radius 1 is 1.30 bits per heavy atom. The van der Waals surface area contributed by atoms with Gasteiger partial charge in [-0.3, -0.25) is 0 Å². The van der Waals surface area contributed by atoms with E-state index in [-0.39, 0.29) is 5.56 Å². The van der Waals surface area contributed by atoms with Crippen LogP contribution in [0, 0.1) is 6.92 Å². The summed E-state index contributed by atoms with van der Waals surface area (Å²) in [6, 6.07) is 4.82. The van der Waals surface area contributed by atoms with Gasteiger partial charge in [0.25, 0.3) is 0 Å². The minimum Gasteiger partial charge on any atom is -0.478 e. The number of nitrogens with zero attached hydrogens (tertiary/aromatic N) is 2. The van der Waals surface area contributed by atoms with E-state index in [4.69, 9.17) is 5.11 Å². The minimum atomic E-state index is -0.952. The Bertz CT molecular complexity index is 801. The van der Waals surface area contributed by atoms with Crippen LogP contribution in [0.2, 0.25) is 0 Å². The normalized spacial score (nSPS) is 11.1. The molecule has 0 bridgehead atoms. The average molecular weight is 270 g/mol. The monoisotopic (exact) mass is 270 g/mol. The molecule has 0 atom stereocenters. The molecule has 3 aromatic rings. The first-order valence-corrected chi connectivity index (χ1v) is 6.37. The highest BCUT2D eigenvalue weighted by atomic mass is 16.4. The van der Waals surface area contributed by atoms with Crippen molar-refractivity contribution in [3.63, 3.8) is 0 Å². The summed E-state index contributed by atoms with van der Waals surface area (Å²) < 4.78 is 0. The average Bonchev–Trinajstić information content (AvgIpc) is 3.00. The topological polar surface area (TPSA) is 94.7 Å². The predicted octanol–water partition coefficient (Wildman–Crippen LogP) is 2.52. The molecule has 0 aliphatic rings. The molecule has 0 aliphatic heterocycles. The third-order valence-electron chi connectivity index (χ3n) is 3.22. The number of aryl methyl sites for hydroxylation is 2. The molecule has 3 N–H and O–H groups in total. The molecule has 0 radical (unpaired) electrons. The van der Waals surface area contributed by atoms with Crippen molar-refractivity contribution in [2.45, 2.75) is 20.3 Å². The Balaban J connectivity index is 2.12. The first-order valence-electron chi connectivity index (χ1n) is 6.37. The maximum Gasteiger partial charge on any atom is 0.335 e. The van der Waals surface area contributed by atoms with Gasteiger partial charge in [-0.2, -0.15) is 0 Å². The second-order valence-corrected chi connectivity index (χ2v) is 4.63. The van der Waals surface area contributed by atoms with Crippen LogP contribution in [0.4, 0.5) is 0 Å². The summed E-state index contributed by atoms with van der Waals surface area (Å²) in [6.45, 7) is 3.97. The molecular formula is C14H14N4O2. The van der Waals surface area contributed by atoms with Gasteiger partial charge in [0.15, 0.2) is 5.82 Å². The van der Waals surface area contributed by atoms with Gasteiger partial charge < -0.3 is 15.1 Å². The zero-order valence-corrected chi connectivity index (χ0v) is 11.2. The lowest BCUT2D eigenvalue weighted by Gasteiger charge is -1.92. The Morgan fingerprint density at radius 3 is 2.75 bits per heavy atom. The van der Waals surface area contributed by atoms with E-state index in [2.05, 4.69) is 19.9 Å². The number of aromatic nitrogens is 4. The minimum absolute atomic E-state index is 0.237. The van der Waals surface area contributed by atoms with E-state index in [0.717, 1.165) is 29.1 Å². The van der Waals surface area contributed by atoms with Crippen molar-refractivity contribution < 1.29 is 9.90 Å². The maximum atomic E-state index is 11.0. The van der Waals surface area contributed by atoms with Crippen LogP contribution in [-0.4, -0.2) is 31.0 Å². The van der Waals surface area contributed by atoms with Crippen LogP contribution in [0.5, 0.6) is 0 Å². The van der Waals surface area contributed by atoms with Gasteiger partial charge in [-0.1, -0.05) is 6.92 Å². The fraction of sp³-hybridized carbons (Fsp3) is 0.214. The first-order chi connectivity index (χ1) is 9.58. The Kier molecular flexibility index (Phi) is 2.78. The lowest BCUT2D eigenvalue weighted by atomic mass is 10.2. The number of carboxylic acids is 1. The molecule has 6 heteroatoms. The number of H-pyrrole nitrogens is 2. The summed E-state index contributed by atoms with van der Waals surface area (Å²) in [7, 11) is 0. The summed E-state index contributed by atoms with van der Waals surface area (Å²) in [4.78, 5) is 26.2. The van der Waals surface area contributed by atoms with Crippen LogP contribution in [-0.2, 0) is 6.42 Å². The van der Waals surface area contributed by atoms with E-state index in [0.29, 0.717) is 11.3 Å². The molecule has 0 fully saturated rings. The molecule has 1 aromatic carbocycles. The quantitative estimate of drug-likeness (QED) is 0.681. The number of aromatic carboxylic acids is 1. The Hall–Kier alpha value is -2.63. The molecule has 0 aliphatic carbocycles. The van der Waals surface area contributed by atoms with Crippen molar-refractivity contribution in [2.24, 2.45) is 0 Å². The predicted molar refractivity (Wildman–Crippen MR) is 74.7 cm³/mol. The first kappa shape index (κ1) is 12.4. The standard InChI is InChI=1S/C14H14N4O2/c1-3-11-15-7(2)12(18-11)13-16-9-5-4-8(14(19)20)6-10(9)17-13/h4-6H,3H2,1-2H3,(H,15,18)(H,16,17)(H,19,20). The summed E-state index contributed by atoms with van der Waals surface area (Å²) in [5, 5.41) is 9.00. The molecule has 0 unspecified atom stereocenters. The van der Waals surface area contributed by atoms with Crippen LogP contribution < -0.4 is 0 Å². The van der Waals surface area contributed by atoms with Crippen LogP contribution in [0.15, 0.2) is 18.2 Å². The summed E-state index contributed by atoms with van der Waals surface area (Å²) in [6.07, 6.45) is 0.824. The number of benzene rings is 1. The zero-order chi connectivity index (χ0) is 14.3. The zero-order valence-electron chi connectivity index (χ0n) is 11.2. The maximum absolute atomic E-state index is 11.0. The molecule has 0 spiro atoms. The SMILES string of the molecule is CCc1nc(-c2nc3ccc(C(=O)O)cc3[nH]2)c(C)[nH]1. The van der Waals surface area contributed by atoms with E-state index in [9.17, 15) is 4.79 Å². The fourth-order valence-electron chi connectivity index (χ4n) is 2.18. The smallest absolute Gasteiger partial charge is 0.335 e. The third-order valence-corrected chi connectivity index (χ3v) is 3.22. The lowest BCUT2D eigenvalue weighted by molar-refractivity contribution is 0.0697. The molecule has 0 saturated heterocycles. The second kappa shape index (κ2) is 4.48. The molecule has 0 amide bonds.